The quantitative estimate of drug-likeness (QED) is 0.241. The van der Waals surface area contributed by atoms with Crippen LogP contribution in [0, 0.1) is 5.41 Å². The molecule has 1 amide bonds. The lowest BCUT2D eigenvalue weighted by molar-refractivity contribution is -0.117. The molecule has 0 atom stereocenters. The molecule has 3 N–H and O–H groups in total. The van der Waals surface area contributed by atoms with E-state index < -0.39 is 0 Å². The summed E-state index contributed by atoms with van der Waals surface area (Å²) in [4.78, 5) is 29.5. The fraction of sp³-hybridized carbons (Fsp3) is 0.179. The summed E-state index contributed by atoms with van der Waals surface area (Å²) in [6.07, 6.45) is 7.52. The topological polar surface area (TPSA) is 112 Å². The van der Waals surface area contributed by atoms with Crippen molar-refractivity contribution in [1.82, 2.24) is 30.1 Å². The highest BCUT2D eigenvalue weighted by Crippen LogP contribution is 2.33. The molecular formula is C28H25N7OS. The first-order valence-electron chi connectivity index (χ1n) is 11.9. The van der Waals surface area contributed by atoms with Crippen molar-refractivity contribution in [1.29, 1.82) is 0 Å². The molecule has 184 valence electrons. The number of fused-ring (bicyclic) bond motifs is 2. The van der Waals surface area contributed by atoms with Gasteiger partial charge in [-0.3, -0.25) is 19.9 Å². The number of thiophene rings is 1. The second-order valence-corrected chi connectivity index (χ2v) is 11.0. The summed E-state index contributed by atoms with van der Waals surface area (Å²) >= 11 is 1.64. The van der Waals surface area contributed by atoms with E-state index in [1.807, 2.05) is 50.5 Å². The van der Waals surface area contributed by atoms with E-state index >= 15 is 0 Å². The number of hydrogen-bond acceptors (Lipinski definition) is 6. The van der Waals surface area contributed by atoms with Gasteiger partial charge in [0, 0.05) is 35.3 Å². The second-order valence-electron chi connectivity index (χ2n) is 10.3. The Bertz CT molecular complexity index is 1740. The van der Waals surface area contributed by atoms with E-state index in [4.69, 9.17) is 4.98 Å². The van der Waals surface area contributed by atoms with E-state index in [1.165, 1.54) is 0 Å². The average molecular weight is 508 g/mol. The molecular weight excluding hydrogens is 482 g/mol. The number of H-pyrrole nitrogens is 2. The number of nitrogens with one attached hydrogen (secondary N) is 3. The molecule has 0 unspecified atom stereocenters. The summed E-state index contributed by atoms with van der Waals surface area (Å²) in [6.45, 7) is 6.13. The van der Waals surface area contributed by atoms with E-state index in [0.717, 1.165) is 49.9 Å². The third kappa shape index (κ3) is 4.61. The molecule has 5 aromatic heterocycles. The maximum absolute atomic E-state index is 12.4. The van der Waals surface area contributed by atoms with E-state index in [0.29, 0.717) is 17.9 Å². The van der Waals surface area contributed by atoms with Crippen molar-refractivity contribution in [3.05, 3.63) is 65.9 Å². The Kier molecular flexibility index (Phi) is 5.57. The first kappa shape index (κ1) is 23.1. The fourth-order valence-electron chi connectivity index (χ4n) is 4.40. The summed E-state index contributed by atoms with van der Waals surface area (Å²) in [5.41, 5.74) is 7.87. The minimum atomic E-state index is -0.0883. The molecule has 0 saturated heterocycles. The Morgan fingerprint density at radius 3 is 2.65 bits per heavy atom. The van der Waals surface area contributed by atoms with Crippen LogP contribution in [0.3, 0.4) is 0 Å². The number of pyridine rings is 2. The van der Waals surface area contributed by atoms with Gasteiger partial charge in [-0.1, -0.05) is 26.8 Å². The molecule has 1 aromatic carbocycles. The first-order chi connectivity index (χ1) is 17.8. The van der Waals surface area contributed by atoms with Crippen LogP contribution < -0.4 is 5.32 Å². The highest BCUT2D eigenvalue weighted by atomic mass is 32.1. The molecule has 5 heterocycles. The third-order valence-corrected chi connectivity index (χ3v) is 6.74. The number of imidazole rings is 1. The van der Waals surface area contributed by atoms with Crippen molar-refractivity contribution in [2.24, 2.45) is 5.41 Å². The van der Waals surface area contributed by atoms with Gasteiger partial charge in [-0.05, 0) is 51.6 Å². The Balaban J connectivity index is 1.36. The lowest BCUT2D eigenvalue weighted by Crippen LogP contribution is -2.19. The molecule has 0 aliphatic heterocycles. The Labute approximate surface area is 217 Å². The average Bonchev–Trinajstić information content (AvgIpc) is 3.61. The molecule has 0 bridgehead atoms. The molecule has 0 spiro atoms. The maximum Gasteiger partial charge on any atom is 0.224 e. The molecule has 37 heavy (non-hydrogen) atoms. The van der Waals surface area contributed by atoms with Crippen LogP contribution in [0.25, 0.3) is 55.7 Å². The second kappa shape index (κ2) is 8.94. The van der Waals surface area contributed by atoms with Crippen molar-refractivity contribution in [3.63, 3.8) is 0 Å². The molecule has 0 aliphatic rings. The zero-order valence-electron chi connectivity index (χ0n) is 20.7. The zero-order chi connectivity index (χ0) is 25.6. The van der Waals surface area contributed by atoms with Gasteiger partial charge >= 0.3 is 0 Å². The highest BCUT2D eigenvalue weighted by molar-refractivity contribution is 7.08. The SMILES string of the molecule is CC(C)(C)CC(=O)Nc1cncc(-c2ccc3[nH]nc(-c4nc5c(-c6ccsc6)cncc5[nH]4)c3c2)c1. The van der Waals surface area contributed by atoms with Gasteiger partial charge in [0.25, 0.3) is 0 Å². The van der Waals surface area contributed by atoms with E-state index in [1.54, 1.807) is 29.9 Å². The van der Waals surface area contributed by atoms with E-state index in [9.17, 15) is 4.79 Å². The van der Waals surface area contributed by atoms with Crippen LogP contribution in [0.1, 0.15) is 27.2 Å². The third-order valence-electron chi connectivity index (χ3n) is 6.06. The summed E-state index contributed by atoms with van der Waals surface area (Å²) in [5.74, 6) is 0.643. The fourth-order valence-corrected chi connectivity index (χ4v) is 5.06. The molecule has 6 rings (SSSR count). The Morgan fingerprint density at radius 1 is 0.973 bits per heavy atom. The summed E-state index contributed by atoms with van der Waals surface area (Å²) in [7, 11) is 0. The Morgan fingerprint density at radius 2 is 1.84 bits per heavy atom. The number of rotatable bonds is 5. The van der Waals surface area contributed by atoms with Crippen molar-refractivity contribution in [3.8, 4) is 33.8 Å². The van der Waals surface area contributed by atoms with Crippen LogP contribution in [0.2, 0.25) is 0 Å². The summed E-state index contributed by atoms with van der Waals surface area (Å²) in [6, 6.07) is 10.1. The molecule has 0 fully saturated rings. The lowest BCUT2D eigenvalue weighted by atomic mass is 9.92. The number of nitrogens with zero attached hydrogens (tertiary/aromatic N) is 4. The summed E-state index contributed by atoms with van der Waals surface area (Å²) < 4.78 is 0. The van der Waals surface area contributed by atoms with Crippen molar-refractivity contribution in [2.45, 2.75) is 27.2 Å². The molecule has 9 heteroatoms. The molecule has 0 aliphatic carbocycles. The number of anilines is 1. The smallest absolute Gasteiger partial charge is 0.224 e. The van der Waals surface area contributed by atoms with Gasteiger partial charge in [0.2, 0.25) is 5.91 Å². The van der Waals surface area contributed by atoms with E-state index in [2.05, 4.69) is 48.0 Å². The maximum atomic E-state index is 12.4. The van der Waals surface area contributed by atoms with Gasteiger partial charge in [-0.2, -0.15) is 16.4 Å². The van der Waals surface area contributed by atoms with Crippen molar-refractivity contribution < 1.29 is 4.79 Å². The van der Waals surface area contributed by atoms with Gasteiger partial charge in [0.05, 0.1) is 29.1 Å². The molecule has 0 saturated carbocycles. The first-order valence-corrected chi connectivity index (χ1v) is 12.9. The molecule has 6 aromatic rings. The predicted octanol–water partition coefficient (Wildman–Crippen LogP) is 6.67. The minimum absolute atomic E-state index is 0.0276. The van der Waals surface area contributed by atoms with Gasteiger partial charge in [0.15, 0.2) is 5.82 Å². The predicted molar refractivity (Wildman–Crippen MR) is 148 cm³/mol. The van der Waals surface area contributed by atoms with Crippen LogP contribution in [-0.4, -0.2) is 36.0 Å². The van der Waals surface area contributed by atoms with Crippen LogP contribution in [-0.2, 0) is 4.79 Å². The monoisotopic (exact) mass is 507 g/mol. The normalized spacial score (nSPS) is 11.9. The zero-order valence-corrected chi connectivity index (χ0v) is 21.5. The number of hydrogen-bond donors (Lipinski definition) is 3. The van der Waals surface area contributed by atoms with Gasteiger partial charge < -0.3 is 10.3 Å². The Hall–Kier alpha value is -4.37. The highest BCUT2D eigenvalue weighted by Gasteiger charge is 2.18. The van der Waals surface area contributed by atoms with Crippen LogP contribution in [0.5, 0.6) is 0 Å². The number of aromatic amines is 2. The standard InChI is InChI=1S/C28H25N7OS/c1-28(2,3)10-24(36)31-19-8-18(11-29-12-19)16-4-5-22-20(9-16)26(35-34-22)27-32-23-14-30-13-21(25(23)33-27)17-6-7-37-15-17/h4-9,11-15H,10H2,1-3H3,(H,31,36)(H,32,33)(H,34,35). The number of carbonyl (C=O) groups is 1. The number of carbonyl (C=O) groups excluding carboxylic acids is 1. The summed E-state index contributed by atoms with van der Waals surface area (Å²) in [5, 5.41) is 15.7. The van der Waals surface area contributed by atoms with Crippen molar-refractivity contribution in [2.75, 3.05) is 5.32 Å². The molecule has 8 nitrogen and oxygen atoms in total. The largest absolute Gasteiger partial charge is 0.335 e. The van der Waals surface area contributed by atoms with Crippen LogP contribution >= 0.6 is 11.3 Å². The number of aromatic nitrogens is 6. The van der Waals surface area contributed by atoms with Gasteiger partial charge in [-0.15, -0.1) is 0 Å². The van der Waals surface area contributed by atoms with Gasteiger partial charge in [-0.25, -0.2) is 4.98 Å². The number of amides is 1. The van der Waals surface area contributed by atoms with Crippen LogP contribution in [0.4, 0.5) is 5.69 Å². The lowest BCUT2D eigenvalue weighted by Gasteiger charge is -2.17. The number of benzene rings is 1. The molecule has 0 radical (unpaired) electrons. The van der Waals surface area contributed by atoms with Gasteiger partial charge in [0.1, 0.15) is 11.2 Å². The van der Waals surface area contributed by atoms with E-state index in [-0.39, 0.29) is 11.3 Å². The van der Waals surface area contributed by atoms with Crippen molar-refractivity contribution >= 4 is 44.9 Å². The minimum Gasteiger partial charge on any atom is -0.335 e. The van der Waals surface area contributed by atoms with Crippen LogP contribution in [0.15, 0.2) is 65.9 Å².